The summed E-state index contributed by atoms with van der Waals surface area (Å²) in [5, 5.41) is 7.58. The second kappa shape index (κ2) is 13.3. The number of nitrogens with one attached hydrogen (secondary N) is 1. The van der Waals surface area contributed by atoms with Gasteiger partial charge in [0.15, 0.2) is 0 Å². The van der Waals surface area contributed by atoms with Crippen LogP contribution in [-0.2, 0) is 17.9 Å². The number of hydrogen-bond acceptors (Lipinski definition) is 6. The van der Waals surface area contributed by atoms with Crippen molar-refractivity contribution in [3.8, 4) is 5.75 Å². The van der Waals surface area contributed by atoms with Crippen molar-refractivity contribution in [3.05, 3.63) is 82.7 Å². The number of carbonyl (C=O) groups excluding carboxylic acids is 2. The fourth-order valence-electron chi connectivity index (χ4n) is 5.76. The molecule has 0 aliphatic carbocycles. The summed E-state index contributed by atoms with van der Waals surface area (Å²) in [5.74, 6) is 1.12. The molecule has 2 saturated heterocycles. The third-order valence-electron chi connectivity index (χ3n) is 7.91. The van der Waals surface area contributed by atoms with Crippen molar-refractivity contribution < 1.29 is 14.3 Å². The first-order valence-electron chi connectivity index (χ1n) is 14.6. The summed E-state index contributed by atoms with van der Waals surface area (Å²) in [6.45, 7) is 10.9. The highest BCUT2D eigenvalue weighted by molar-refractivity contribution is 5.94. The Morgan fingerprint density at radius 1 is 1.05 bits per heavy atom. The molecular weight excluding hydrogens is 516 g/mol. The van der Waals surface area contributed by atoms with Crippen molar-refractivity contribution in [2.45, 2.75) is 45.8 Å². The quantitative estimate of drug-likeness (QED) is 0.390. The number of benzene rings is 2. The van der Waals surface area contributed by atoms with Gasteiger partial charge in [-0.3, -0.25) is 19.2 Å². The Bertz CT molecular complexity index is 1350. The lowest BCUT2D eigenvalue weighted by molar-refractivity contribution is -0.119. The third kappa shape index (κ3) is 7.95. The number of hydrogen-bond donors (Lipinski definition) is 1. The molecule has 5 rings (SSSR count). The molecule has 0 bridgehead atoms. The summed E-state index contributed by atoms with van der Waals surface area (Å²) in [7, 11) is 2.09. The molecule has 3 aromatic rings. The van der Waals surface area contributed by atoms with Crippen LogP contribution in [0.15, 0.2) is 54.6 Å². The van der Waals surface area contributed by atoms with Crippen LogP contribution in [-0.4, -0.2) is 95.3 Å². The largest absolute Gasteiger partial charge is 0.492 e. The van der Waals surface area contributed by atoms with Crippen LogP contribution < -0.4 is 10.1 Å². The van der Waals surface area contributed by atoms with Gasteiger partial charge in [-0.25, -0.2) is 0 Å². The monoisotopic (exact) mass is 558 g/mol. The molecule has 2 aromatic carbocycles. The van der Waals surface area contributed by atoms with Gasteiger partial charge in [0.05, 0.1) is 12.2 Å². The lowest BCUT2D eigenvalue weighted by atomic mass is 10.1. The minimum absolute atomic E-state index is 0.0909. The topological polar surface area (TPSA) is 82.9 Å². The first-order chi connectivity index (χ1) is 19.8. The number of ether oxygens (including phenoxy) is 1. The zero-order chi connectivity index (χ0) is 28.8. The van der Waals surface area contributed by atoms with E-state index in [4.69, 9.17) is 4.74 Å². The van der Waals surface area contributed by atoms with Crippen molar-refractivity contribution >= 4 is 11.8 Å². The number of likely N-dealkylation sites (N-methyl/N-ethyl adjacent to an activating group) is 1. The molecule has 9 heteroatoms. The molecule has 2 amide bonds. The van der Waals surface area contributed by atoms with E-state index in [9.17, 15) is 9.59 Å². The fraction of sp³-hybridized carbons (Fsp3) is 0.469. The van der Waals surface area contributed by atoms with Crippen LogP contribution in [0, 0.1) is 13.8 Å². The average molecular weight is 559 g/mol. The molecule has 0 radical (unpaired) electrons. The molecule has 0 saturated carbocycles. The number of rotatable bonds is 11. The molecule has 9 nitrogen and oxygen atoms in total. The molecule has 0 spiro atoms. The first kappa shape index (κ1) is 28.8. The van der Waals surface area contributed by atoms with Gasteiger partial charge in [-0.2, -0.15) is 5.10 Å². The molecular formula is C32H42N6O3. The molecule has 3 heterocycles. The Morgan fingerprint density at radius 3 is 2.56 bits per heavy atom. The smallest absolute Gasteiger partial charge is 0.253 e. The van der Waals surface area contributed by atoms with Gasteiger partial charge in [0, 0.05) is 69.5 Å². The van der Waals surface area contributed by atoms with Crippen molar-refractivity contribution in [3.63, 3.8) is 0 Å². The van der Waals surface area contributed by atoms with Crippen LogP contribution in [0.4, 0.5) is 0 Å². The fourth-order valence-corrected chi connectivity index (χ4v) is 5.76. The van der Waals surface area contributed by atoms with Crippen molar-refractivity contribution in [1.82, 2.24) is 29.8 Å². The summed E-state index contributed by atoms with van der Waals surface area (Å²) in [4.78, 5) is 31.3. The van der Waals surface area contributed by atoms with Crippen molar-refractivity contribution in [2.75, 3.05) is 52.9 Å². The van der Waals surface area contributed by atoms with Crippen LogP contribution in [0.1, 0.15) is 45.7 Å². The van der Waals surface area contributed by atoms with E-state index in [1.54, 1.807) is 0 Å². The standard InChI is InChI=1S/C32H42N6O3/c1-24-18-25(2)38(34-24)22-26-6-4-8-28(19-26)32(40)37-14-12-36(13-15-37)16-17-41-30-9-5-7-27(20-30)21-35(3)23-29-10-11-31(39)33-29/h4-9,18-20,29H,10-17,21-23H2,1-3H3,(H,33,39). The first-order valence-corrected chi connectivity index (χ1v) is 14.6. The second-order valence-electron chi connectivity index (χ2n) is 11.4. The summed E-state index contributed by atoms with van der Waals surface area (Å²) < 4.78 is 8.07. The minimum Gasteiger partial charge on any atom is -0.492 e. The summed E-state index contributed by atoms with van der Waals surface area (Å²) in [6.07, 6.45) is 1.54. The molecule has 1 N–H and O–H groups in total. The maximum atomic E-state index is 13.2. The predicted molar refractivity (Wildman–Crippen MR) is 159 cm³/mol. The Labute approximate surface area is 243 Å². The van der Waals surface area contributed by atoms with E-state index in [-0.39, 0.29) is 17.9 Å². The van der Waals surface area contributed by atoms with Crippen LogP contribution in [0.3, 0.4) is 0 Å². The average Bonchev–Trinajstić information content (AvgIpc) is 3.51. The van der Waals surface area contributed by atoms with Gasteiger partial charge in [-0.15, -0.1) is 0 Å². The van der Waals surface area contributed by atoms with E-state index in [1.165, 1.54) is 5.56 Å². The highest BCUT2D eigenvalue weighted by Crippen LogP contribution is 2.17. The minimum atomic E-state index is 0.0909. The van der Waals surface area contributed by atoms with Gasteiger partial charge in [-0.1, -0.05) is 24.3 Å². The van der Waals surface area contributed by atoms with E-state index in [2.05, 4.69) is 58.5 Å². The summed E-state index contributed by atoms with van der Waals surface area (Å²) >= 11 is 0. The van der Waals surface area contributed by atoms with E-state index >= 15 is 0 Å². The van der Waals surface area contributed by atoms with E-state index in [0.29, 0.717) is 32.7 Å². The van der Waals surface area contributed by atoms with Gasteiger partial charge in [0.25, 0.3) is 5.91 Å². The van der Waals surface area contributed by atoms with E-state index in [0.717, 1.165) is 67.4 Å². The summed E-state index contributed by atoms with van der Waals surface area (Å²) in [5.41, 5.74) is 5.13. The van der Waals surface area contributed by atoms with Gasteiger partial charge in [0.2, 0.25) is 5.91 Å². The number of aryl methyl sites for hydroxylation is 2. The van der Waals surface area contributed by atoms with Gasteiger partial charge >= 0.3 is 0 Å². The molecule has 1 unspecified atom stereocenters. The van der Waals surface area contributed by atoms with Crippen LogP contribution in [0.2, 0.25) is 0 Å². The highest BCUT2D eigenvalue weighted by Gasteiger charge is 2.23. The highest BCUT2D eigenvalue weighted by atomic mass is 16.5. The molecule has 218 valence electrons. The zero-order valence-electron chi connectivity index (χ0n) is 24.5. The lowest BCUT2D eigenvalue weighted by Crippen LogP contribution is -2.49. The number of carbonyl (C=O) groups is 2. The Balaban J connectivity index is 1.04. The van der Waals surface area contributed by atoms with Gasteiger partial charge in [0.1, 0.15) is 12.4 Å². The van der Waals surface area contributed by atoms with E-state index in [1.807, 2.05) is 46.8 Å². The molecule has 2 aliphatic rings. The van der Waals surface area contributed by atoms with Crippen LogP contribution >= 0.6 is 0 Å². The lowest BCUT2D eigenvalue weighted by Gasteiger charge is -2.34. The van der Waals surface area contributed by atoms with Gasteiger partial charge < -0.3 is 19.9 Å². The second-order valence-corrected chi connectivity index (χ2v) is 11.4. The zero-order valence-corrected chi connectivity index (χ0v) is 24.5. The van der Waals surface area contributed by atoms with Gasteiger partial charge in [-0.05, 0) is 68.8 Å². The Morgan fingerprint density at radius 2 is 1.83 bits per heavy atom. The molecule has 2 fully saturated rings. The third-order valence-corrected chi connectivity index (χ3v) is 7.91. The molecule has 2 aliphatic heterocycles. The molecule has 1 atom stereocenters. The molecule has 1 aromatic heterocycles. The maximum absolute atomic E-state index is 13.2. The number of amides is 2. The van der Waals surface area contributed by atoms with Crippen LogP contribution in [0.25, 0.3) is 0 Å². The normalized spacial score (nSPS) is 17.7. The Hall–Kier alpha value is -3.69. The van der Waals surface area contributed by atoms with Crippen LogP contribution in [0.5, 0.6) is 5.75 Å². The van der Waals surface area contributed by atoms with Crippen molar-refractivity contribution in [2.24, 2.45) is 0 Å². The van der Waals surface area contributed by atoms with Crippen molar-refractivity contribution in [1.29, 1.82) is 0 Å². The SMILES string of the molecule is Cc1cc(C)n(Cc2cccc(C(=O)N3CCN(CCOc4cccc(CN(C)CC5CCC(=O)N5)c4)CC3)c2)n1. The maximum Gasteiger partial charge on any atom is 0.253 e. The number of nitrogens with zero attached hydrogens (tertiary/aromatic N) is 5. The summed E-state index contributed by atoms with van der Waals surface area (Å²) in [6, 6.07) is 18.5. The number of aromatic nitrogens is 2. The molecule has 41 heavy (non-hydrogen) atoms. The Kier molecular flexibility index (Phi) is 9.36. The predicted octanol–water partition coefficient (Wildman–Crippen LogP) is 3.10. The number of piperazine rings is 1. The van der Waals surface area contributed by atoms with E-state index < -0.39 is 0 Å².